The zero-order chi connectivity index (χ0) is 21.5. The minimum Gasteiger partial charge on any atom is -0.493 e. The normalized spacial score (nSPS) is 12.6. The SMILES string of the molecule is COc1cc(C(=O)NNC(=O)C(C)S(=O)(=O)C(C)C)ccc1OCCC(C)C. The lowest BCUT2D eigenvalue weighted by atomic mass is 10.1. The Morgan fingerprint density at radius 2 is 1.68 bits per heavy atom. The van der Waals surface area contributed by atoms with Gasteiger partial charge < -0.3 is 9.47 Å². The minimum atomic E-state index is -3.62. The molecule has 1 rings (SSSR count). The second-order valence-electron chi connectivity index (χ2n) is 7.12. The van der Waals surface area contributed by atoms with Crippen molar-refractivity contribution in [2.24, 2.45) is 5.92 Å². The lowest BCUT2D eigenvalue weighted by Crippen LogP contribution is -2.48. The number of sulfone groups is 1. The number of amides is 2. The highest BCUT2D eigenvalue weighted by atomic mass is 32.2. The number of hydrazine groups is 1. The van der Waals surface area contributed by atoms with E-state index in [1.807, 2.05) is 0 Å². The number of ether oxygens (including phenoxy) is 2. The van der Waals surface area contributed by atoms with Gasteiger partial charge in [-0.05, 0) is 51.3 Å². The van der Waals surface area contributed by atoms with E-state index in [-0.39, 0.29) is 5.56 Å². The first-order valence-corrected chi connectivity index (χ1v) is 10.7. The van der Waals surface area contributed by atoms with E-state index >= 15 is 0 Å². The van der Waals surface area contributed by atoms with E-state index in [1.165, 1.54) is 40.0 Å². The highest BCUT2D eigenvalue weighted by Crippen LogP contribution is 2.28. The van der Waals surface area contributed by atoms with Gasteiger partial charge in [-0.25, -0.2) is 8.42 Å². The van der Waals surface area contributed by atoms with Crippen LogP contribution in [0, 0.1) is 5.92 Å². The summed E-state index contributed by atoms with van der Waals surface area (Å²) in [5.74, 6) is -0.00221. The average molecular weight is 415 g/mol. The van der Waals surface area contributed by atoms with Crippen molar-refractivity contribution in [3.8, 4) is 11.5 Å². The maximum absolute atomic E-state index is 12.3. The molecule has 0 saturated carbocycles. The molecule has 0 spiro atoms. The van der Waals surface area contributed by atoms with Gasteiger partial charge in [-0.2, -0.15) is 0 Å². The molecule has 2 N–H and O–H groups in total. The zero-order valence-electron chi connectivity index (χ0n) is 17.2. The monoisotopic (exact) mass is 414 g/mol. The van der Waals surface area contributed by atoms with Crippen LogP contribution in [0.15, 0.2) is 18.2 Å². The molecule has 28 heavy (non-hydrogen) atoms. The van der Waals surface area contributed by atoms with E-state index in [0.717, 1.165) is 6.42 Å². The highest BCUT2D eigenvalue weighted by molar-refractivity contribution is 7.93. The van der Waals surface area contributed by atoms with Gasteiger partial charge >= 0.3 is 0 Å². The molecule has 0 saturated heterocycles. The smallest absolute Gasteiger partial charge is 0.269 e. The van der Waals surface area contributed by atoms with Crippen molar-refractivity contribution >= 4 is 21.7 Å². The molecule has 2 amide bonds. The Kier molecular flexibility index (Phi) is 8.74. The number of rotatable bonds is 9. The van der Waals surface area contributed by atoms with Crippen molar-refractivity contribution < 1.29 is 27.5 Å². The van der Waals surface area contributed by atoms with Gasteiger partial charge in [0.15, 0.2) is 21.3 Å². The third-order valence-electron chi connectivity index (χ3n) is 4.20. The number of benzene rings is 1. The number of carbonyl (C=O) groups excluding carboxylic acids is 2. The van der Waals surface area contributed by atoms with Crippen LogP contribution in [-0.2, 0) is 14.6 Å². The summed E-state index contributed by atoms with van der Waals surface area (Å²) in [6.07, 6.45) is 0.884. The predicted octanol–water partition coefficient (Wildman–Crippen LogP) is 2.09. The van der Waals surface area contributed by atoms with Crippen molar-refractivity contribution in [1.82, 2.24) is 10.9 Å². The molecular formula is C19H30N2O6S. The number of carbonyl (C=O) groups is 2. The molecule has 8 nitrogen and oxygen atoms in total. The minimum absolute atomic E-state index is 0.229. The third kappa shape index (κ3) is 6.40. The summed E-state index contributed by atoms with van der Waals surface area (Å²) in [5.41, 5.74) is 4.60. The quantitative estimate of drug-likeness (QED) is 0.599. The van der Waals surface area contributed by atoms with Crippen LogP contribution in [-0.4, -0.2) is 44.4 Å². The lowest BCUT2D eigenvalue weighted by Gasteiger charge is -2.16. The highest BCUT2D eigenvalue weighted by Gasteiger charge is 2.31. The molecule has 0 aliphatic carbocycles. The van der Waals surface area contributed by atoms with Gasteiger partial charge in [0.1, 0.15) is 5.25 Å². The zero-order valence-corrected chi connectivity index (χ0v) is 18.1. The van der Waals surface area contributed by atoms with Crippen LogP contribution < -0.4 is 20.3 Å². The summed E-state index contributed by atoms with van der Waals surface area (Å²) >= 11 is 0. The average Bonchev–Trinajstić information content (AvgIpc) is 2.64. The van der Waals surface area contributed by atoms with Crippen LogP contribution in [0.25, 0.3) is 0 Å². The maximum atomic E-state index is 12.3. The van der Waals surface area contributed by atoms with Crippen LogP contribution in [0.3, 0.4) is 0 Å². The molecule has 1 atom stereocenters. The van der Waals surface area contributed by atoms with Gasteiger partial charge in [0.25, 0.3) is 11.8 Å². The van der Waals surface area contributed by atoms with Gasteiger partial charge in [-0.15, -0.1) is 0 Å². The van der Waals surface area contributed by atoms with E-state index in [0.29, 0.717) is 24.0 Å². The van der Waals surface area contributed by atoms with Crippen molar-refractivity contribution in [3.63, 3.8) is 0 Å². The first-order chi connectivity index (χ1) is 13.0. The summed E-state index contributed by atoms with van der Waals surface area (Å²) in [4.78, 5) is 24.3. The largest absolute Gasteiger partial charge is 0.493 e. The summed E-state index contributed by atoms with van der Waals surface area (Å²) in [6, 6.07) is 4.63. The van der Waals surface area contributed by atoms with Gasteiger partial charge in [0.05, 0.1) is 19.0 Å². The fourth-order valence-corrected chi connectivity index (χ4v) is 3.36. The first kappa shape index (κ1) is 23.7. The second kappa shape index (κ2) is 10.3. The Labute approximate surface area is 166 Å². The number of methoxy groups -OCH3 is 1. The van der Waals surface area contributed by atoms with E-state index < -0.39 is 32.2 Å². The van der Waals surface area contributed by atoms with Gasteiger partial charge in [0, 0.05) is 5.56 Å². The fraction of sp³-hybridized carbons (Fsp3) is 0.579. The van der Waals surface area contributed by atoms with Crippen molar-refractivity contribution in [2.45, 2.75) is 51.5 Å². The number of hydrogen-bond acceptors (Lipinski definition) is 6. The Balaban J connectivity index is 2.75. The van der Waals surface area contributed by atoms with Gasteiger partial charge in [0.2, 0.25) is 0 Å². The van der Waals surface area contributed by atoms with E-state index in [4.69, 9.17) is 9.47 Å². The number of nitrogens with one attached hydrogen (secondary N) is 2. The second-order valence-corrected chi connectivity index (χ2v) is 9.95. The van der Waals surface area contributed by atoms with E-state index in [9.17, 15) is 18.0 Å². The lowest BCUT2D eigenvalue weighted by molar-refractivity contribution is -0.121. The van der Waals surface area contributed by atoms with E-state index in [1.54, 1.807) is 6.07 Å². The Bertz CT molecular complexity index is 790. The summed E-state index contributed by atoms with van der Waals surface area (Å²) in [7, 11) is -2.16. The predicted molar refractivity (Wildman–Crippen MR) is 107 cm³/mol. The van der Waals surface area contributed by atoms with Crippen molar-refractivity contribution in [2.75, 3.05) is 13.7 Å². The molecule has 0 aliphatic rings. The Hall–Kier alpha value is -2.29. The molecule has 9 heteroatoms. The molecule has 1 aromatic rings. The third-order valence-corrected chi connectivity index (χ3v) is 6.71. The number of hydrogen-bond donors (Lipinski definition) is 2. The molecule has 0 aromatic heterocycles. The molecule has 0 radical (unpaired) electrons. The Morgan fingerprint density at radius 3 is 2.21 bits per heavy atom. The summed E-state index contributed by atoms with van der Waals surface area (Å²) in [5, 5.41) is -1.98. The standard InChI is InChI=1S/C19H30N2O6S/c1-12(2)9-10-27-16-8-7-15(11-17(16)26-6)19(23)21-20-18(22)14(5)28(24,25)13(3)4/h7-8,11-14H,9-10H2,1-6H3,(H,20,22)(H,21,23). The topological polar surface area (TPSA) is 111 Å². The van der Waals surface area contributed by atoms with Crippen LogP contribution in [0.4, 0.5) is 0 Å². The van der Waals surface area contributed by atoms with Crippen LogP contribution >= 0.6 is 0 Å². The molecule has 0 heterocycles. The van der Waals surface area contributed by atoms with E-state index in [2.05, 4.69) is 24.7 Å². The van der Waals surface area contributed by atoms with Crippen molar-refractivity contribution in [3.05, 3.63) is 23.8 Å². The molecular weight excluding hydrogens is 384 g/mol. The van der Waals surface area contributed by atoms with Crippen LogP contribution in [0.5, 0.6) is 11.5 Å². The molecule has 1 aromatic carbocycles. The summed E-state index contributed by atoms with van der Waals surface area (Å²) < 4.78 is 35.0. The van der Waals surface area contributed by atoms with Gasteiger partial charge in [-0.1, -0.05) is 13.8 Å². The molecule has 1 unspecified atom stereocenters. The van der Waals surface area contributed by atoms with Crippen molar-refractivity contribution in [1.29, 1.82) is 0 Å². The molecule has 0 fully saturated rings. The van der Waals surface area contributed by atoms with Crippen LogP contribution in [0.2, 0.25) is 0 Å². The van der Waals surface area contributed by atoms with Gasteiger partial charge in [-0.3, -0.25) is 20.4 Å². The Morgan fingerprint density at radius 1 is 1.04 bits per heavy atom. The molecule has 0 aliphatic heterocycles. The fourth-order valence-electron chi connectivity index (χ4n) is 2.18. The molecule has 158 valence electrons. The molecule has 0 bridgehead atoms. The summed E-state index contributed by atoms with van der Waals surface area (Å²) in [6.45, 7) is 8.98. The maximum Gasteiger partial charge on any atom is 0.269 e. The first-order valence-electron chi connectivity index (χ1n) is 9.14. The van der Waals surface area contributed by atoms with Crippen LogP contribution in [0.1, 0.15) is 51.4 Å².